The highest BCUT2D eigenvalue weighted by molar-refractivity contribution is 7.99. The molecule has 0 spiro atoms. The van der Waals surface area contributed by atoms with Crippen molar-refractivity contribution in [3.05, 3.63) is 53.6 Å². The van der Waals surface area contributed by atoms with Gasteiger partial charge in [0.25, 0.3) is 5.91 Å². The Labute approximate surface area is 197 Å². The molecule has 2 saturated heterocycles. The van der Waals surface area contributed by atoms with Crippen molar-refractivity contribution in [3.8, 4) is 17.2 Å². The van der Waals surface area contributed by atoms with Gasteiger partial charge in [0, 0.05) is 44.0 Å². The zero-order valence-electron chi connectivity index (χ0n) is 18.6. The smallest absolute Gasteiger partial charge is 0.255 e. The Morgan fingerprint density at radius 2 is 1.88 bits per heavy atom. The normalized spacial score (nSPS) is 20.2. The van der Waals surface area contributed by atoms with E-state index in [9.17, 15) is 9.59 Å². The van der Waals surface area contributed by atoms with E-state index in [0.717, 1.165) is 31.1 Å². The molecule has 174 valence electrons. The summed E-state index contributed by atoms with van der Waals surface area (Å²) in [7, 11) is 1.58. The van der Waals surface area contributed by atoms with E-state index in [4.69, 9.17) is 14.2 Å². The van der Waals surface area contributed by atoms with Crippen LogP contribution in [0.1, 0.15) is 15.9 Å². The molecule has 2 aromatic rings. The first-order chi connectivity index (χ1) is 16.1. The number of nitrogens with zero attached hydrogens (tertiary/aromatic N) is 3. The first-order valence-electron chi connectivity index (χ1n) is 11.0. The van der Waals surface area contributed by atoms with E-state index >= 15 is 0 Å². The van der Waals surface area contributed by atoms with Crippen molar-refractivity contribution in [1.29, 1.82) is 0 Å². The summed E-state index contributed by atoms with van der Waals surface area (Å²) < 4.78 is 16.1. The van der Waals surface area contributed by atoms with Gasteiger partial charge in [-0.3, -0.25) is 14.5 Å². The van der Waals surface area contributed by atoms with E-state index in [0.29, 0.717) is 36.0 Å². The second-order valence-corrected chi connectivity index (χ2v) is 9.31. The van der Waals surface area contributed by atoms with Crippen LogP contribution < -0.4 is 14.2 Å². The number of carbonyl (C=O) groups is 2. The van der Waals surface area contributed by atoms with Gasteiger partial charge in [0.2, 0.25) is 12.7 Å². The van der Waals surface area contributed by atoms with Gasteiger partial charge in [0.05, 0.1) is 13.0 Å². The van der Waals surface area contributed by atoms with Crippen LogP contribution in [0, 0.1) is 0 Å². The first kappa shape index (κ1) is 21.9. The van der Waals surface area contributed by atoms with Crippen LogP contribution >= 0.6 is 11.8 Å². The molecule has 0 saturated carbocycles. The van der Waals surface area contributed by atoms with Crippen LogP contribution in [0.5, 0.6) is 17.2 Å². The first-order valence-corrected chi connectivity index (χ1v) is 12.2. The van der Waals surface area contributed by atoms with Gasteiger partial charge in [0.1, 0.15) is 11.8 Å². The standard InChI is InChI=1S/C24H27N3O5S/c1-30-19-4-2-3-18(12-19)23(28)27-15-33-14-20(27)24(29)26-9-7-25(8-10-26)13-17-5-6-21-22(11-17)32-16-31-21/h2-6,11-12,20H,7-10,13-16H2,1H3. The molecule has 2 amide bonds. The molecule has 3 aliphatic heterocycles. The van der Waals surface area contributed by atoms with Crippen molar-refractivity contribution in [3.63, 3.8) is 0 Å². The fourth-order valence-corrected chi connectivity index (χ4v) is 5.55. The maximum Gasteiger partial charge on any atom is 0.255 e. The quantitative estimate of drug-likeness (QED) is 0.665. The molecule has 33 heavy (non-hydrogen) atoms. The Bertz CT molecular complexity index is 1040. The van der Waals surface area contributed by atoms with Gasteiger partial charge < -0.3 is 24.0 Å². The molecular formula is C24H27N3O5S. The Morgan fingerprint density at radius 3 is 2.70 bits per heavy atom. The molecule has 0 aromatic heterocycles. The van der Waals surface area contributed by atoms with Crippen LogP contribution in [-0.2, 0) is 11.3 Å². The second-order valence-electron chi connectivity index (χ2n) is 8.31. The molecule has 3 heterocycles. The molecule has 0 bridgehead atoms. The summed E-state index contributed by atoms with van der Waals surface area (Å²) in [5, 5.41) is 0. The monoisotopic (exact) mass is 469 g/mol. The van der Waals surface area contributed by atoms with E-state index in [1.807, 2.05) is 17.0 Å². The van der Waals surface area contributed by atoms with Crippen LogP contribution in [-0.4, -0.2) is 84.3 Å². The number of carbonyl (C=O) groups excluding carboxylic acids is 2. The predicted octanol–water partition coefficient (Wildman–Crippen LogP) is 2.28. The minimum absolute atomic E-state index is 0.0407. The molecule has 3 aliphatic rings. The van der Waals surface area contributed by atoms with E-state index in [-0.39, 0.29) is 18.6 Å². The number of hydrogen-bond acceptors (Lipinski definition) is 7. The van der Waals surface area contributed by atoms with E-state index in [1.165, 1.54) is 5.56 Å². The summed E-state index contributed by atoms with van der Waals surface area (Å²) in [6, 6.07) is 12.7. The third-order valence-electron chi connectivity index (χ3n) is 6.27. The van der Waals surface area contributed by atoms with Crippen LogP contribution in [0.3, 0.4) is 0 Å². The zero-order valence-corrected chi connectivity index (χ0v) is 19.4. The fraction of sp³-hybridized carbons (Fsp3) is 0.417. The van der Waals surface area contributed by atoms with Crippen molar-refractivity contribution >= 4 is 23.6 Å². The molecule has 5 rings (SSSR count). The van der Waals surface area contributed by atoms with E-state index in [1.54, 1.807) is 48.0 Å². The molecule has 9 heteroatoms. The van der Waals surface area contributed by atoms with Crippen molar-refractivity contribution < 1.29 is 23.8 Å². The number of hydrogen-bond donors (Lipinski definition) is 0. The largest absolute Gasteiger partial charge is 0.497 e. The average molecular weight is 470 g/mol. The molecular weight excluding hydrogens is 442 g/mol. The number of fused-ring (bicyclic) bond motifs is 1. The van der Waals surface area contributed by atoms with Gasteiger partial charge in [-0.05, 0) is 35.9 Å². The summed E-state index contributed by atoms with van der Waals surface area (Å²) in [5.41, 5.74) is 1.71. The third kappa shape index (κ3) is 4.60. The van der Waals surface area contributed by atoms with E-state index in [2.05, 4.69) is 11.0 Å². The van der Waals surface area contributed by atoms with Crippen molar-refractivity contribution in [2.45, 2.75) is 12.6 Å². The van der Waals surface area contributed by atoms with Gasteiger partial charge in [-0.1, -0.05) is 12.1 Å². The summed E-state index contributed by atoms with van der Waals surface area (Å²) in [5.74, 6) is 3.28. The Hall–Kier alpha value is -2.91. The molecule has 0 N–H and O–H groups in total. The molecule has 2 aromatic carbocycles. The number of piperazine rings is 1. The highest BCUT2D eigenvalue weighted by Gasteiger charge is 2.38. The molecule has 8 nitrogen and oxygen atoms in total. The summed E-state index contributed by atoms with van der Waals surface area (Å²) >= 11 is 1.62. The fourth-order valence-electron chi connectivity index (χ4n) is 4.40. The minimum Gasteiger partial charge on any atom is -0.497 e. The summed E-state index contributed by atoms with van der Waals surface area (Å²) in [6.07, 6.45) is 0. The van der Waals surface area contributed by atoms with Crippen LogP contribution in [0.4, 0.5) is 0 Å². The Balaban J connectivity index is 1.18. The lowest BCUT2D eigenvalue weighted by atomic mass is 10.1. The minimum atomic E-state index is -0.422. The third-order valence-corrected chi connectivity index (χ3v) is 7.28. The Kier molecular flexibility index (Phi) is 6.32. The van der Waals surface area contributed by atoms with Gasteiger partial charge in [-0.25, -0.2) is 0 Å². The average Bonchev–Trinajstić information content (AvgIpc) is 3.53. The predicted molar refractivity (Wildman–Crippen MR) is 125 cm³/mol. The van der Waals surface area contributed by atoms with Gasteiger partial charge in [0.15, 0.2) is 11.5 Å². The van der Waals surface area contributed by atoms with Gasteiger partial charge in [-0.15, -0.1) is 11.8 Å². The zero-order chi connectivity index (χ0) is 22.8. The number of ether oxygens (including phenoxy) is 3. The topological polar surface area (TPSA) is 71.6 Å². The van der Waals surface area contributed by atoms with Crippen LogP contribution in [0.15, 0.2) is 42.5 Å². The lowest BCUT2D eigenvalue weighted by Crippen LogP contribution is -2.54. The number of thioether (sulfide) groups is 1. The number of benzene rings is 2. The maximum absolute atomic E-state index is 13.3. The highest BCUT2D eigenvalue weighted by atomic mass is 32.2. The molecule has 1 unspecified atom stereocenters. The maximum atomic E-state index is 13.3. The van der Waals surface area contributed by atoms with Crippen molar-refractivity contribution in [2.24, 2.45) is 0 Å². The highest BCUT2D eigenvalue weighted by Crippen LogP contribution is 2.33. The molecule has 1 atom stereocenters. The molecule has 0 aliphatic carbocycles. The van der Waals surface area contributed by atoms with E-state index < -0.39 is 6.04 Å². The summed E-state index contributed by atoms with van der Waals surface area (Å²) in [4.78, 5) is 32.3. The molecule has 0 radical (unpaired) electrons. The number of amides is 2. The number of methoxy groups -OCH3 is 1. The van der Waals surface area contributed by atoms with Crippen molar-refractivity contribution in [1.82, 2.24) is 14.7 Å². The SMILES string of the molecule is COc1cccc(C(=O)N2CSCC2C(=O)N2CCN(Cc3ccc4c(c3)OCO4)CC2)c1. The summed E-state index contributed by atoms with van der Waals surface area (Å²) in [6.45, 7) is 3.99. The van der Waals surface area contributed by atoms with Gasteiger partial charge in [-0.2, -0.15) is 0 Å². The van der Waals surface area contributed by atoms with Crippen LogP contribution in [0.25, 0.3) is 0 Å². The molecule has 2 fully saturated rings. The Morgan fingerprint density at radius 1 is 1.06 bits per heavy atom. The number of rotatable bonds is 5. The lowest BCUT2D eigenvalue weighted by molar-refractivity contribution is -0.136. The lowest BCUT2D eigenvalue weighted by Gasteiger charge is -2.37. The van der Waals surface area contributed by atoms with Gasteiger partial charge >= 0.3 is 0 Å². The van der Waals surface area contributed by atoms with Crippen molar-refractivity contribution in [2.75, 3.05) is 51.7 Å². The second kappa shape index (κ2) is 9.52. The van der Waals surface area contributed by atoms with Crippen LogP contribution in [0.2, 0.25) is 0 Å².